The van der Waals surface area contributed by atoms with E-state index in [9.17, 15) is 0 Å². The van der Waals surface area contributed by atoms with Crippen molar-refractivity contribution in [3.8, 4) is 0 Å². The second-order valence-electron chi connectivity index (χ2n) is 22.4. The van der Waals surface area contributed by atoms with Crippen molar-refractivity contribution in [1.29, 1.82) is 0 Å². The number of fused-ring (bicyclic) bond motifs is 7. The zero-order chi connectivity index (χ0) is 41.6. The van der Waals surface area contributed by atoms with E-state index >= 15 is 0 Å². The summed E-state index contributed by atoms with van der Waals surface area (Å²) in [6, 6.07) is 33.4. The average molecular weight is 767 g/mol. The largest absolute Gasteiger partial charge is 0.468 e. The Morgan fingerprint density at radius 1 is 0.552 bits per heavy atom. The molecule has 298 valence electrons. The first kappa shape index (κ1) is 38.8. The summed E-state index contributed by atoms with van der Waals surface area (Å²) >= 11 is 0. The number of hydrogen-bond acceptors (Lipinski definition) is 3. The van der Waals surface area contributed by atoms with Gasteiger partial charge in [0.2, 0.25) is 0 Å². The van der Waals surface area contributed by atoms with Crippen molar-refractivity contribution in [2.45, 2.75) is 144 Å². The normalized spacial score (nSPS) is 16.9. The van der Waals surface area contributed by atoms with Crippen LogP contribution in [0.3, 0.4) is 0 Å². The van der Waals surface area contributed by atoms with Gasteiger partial charge in [0, 0.05) is 33.8 Å². The van der Waals surface area contributed by atoms with Gasteiger partial charge in [0.1, 0.15) is 5.58 Å². The van der Waals surface area contributed by atoms with Crippen LogP contribution in [0.1, 0.15) is 142 Å². The molecule has 1 aromatic heterocycles. The first-order valence-corrected chi connectivity index (χ1v) is 21.7. The highest BCUT2D eigenvalue weighted by Crippen LogP contribution is 2.52. The molecule has 0 spiro atoms. The summed E-state index contributed by atoms with van der Waals surface area (Å²) in [7, 11) is 0. The highest BCUT2D eigenvalue weighted by atomic mass is 16.3. The van der Waals surface area contributed by atoms with Crippen LogP contribution in [0.25, 0.3) is 11.0 Å². The third-order valence-corrected chi connectivity index (χ3v) is 13.9. The van der Waals surface area contributed by atoms with E-state index in [2.05, 4.69) is 199 Å². The van der Waals surface area contributed by atoms with Gasteiger partial charge in [-0.05, 0) is 152 Å². The van der Waals surface area contributed by atoms with E-state index in [0.717, 1.165) is 16.9 Å². The highest BCUT2D eigenvalue weighted by Gasteiger charge is 2.49. The molecule has 58 heavy (non-hydrogen) atoms. The van der Waals surface area contributed by atoms with Gasteiger partial charge < -0.3 is 14.2 Å². The van der Waals surface area contributed by atoms with Crippen LogP contribution >= 0.6 is 0 Å². The van der Waals surface area contributed by atoms with Crippen molar-refractivity contribution in [3.63, 3.8) is 0 Å². The van der Waals surface area contributed by atoms with Gasteiger partial charge in [-0.15, -0.1) is 0 Å². The lowest BCUT2D eigenvalue weighted by atomic mass is 9.35. The minimum Gasteiger partial charge on any atom is -0.468 e. The van der Waals surface area contributed by atoms with Gasteiger partial charge in [0.05, 0.1) is 11.3 Å². The molecule has 3 nitrogen and oxygen atoms in total. The Morgan fingerprint density at radius 2 is 1.09 bits per heavy atom. The molecule has 0 saturated carbocycles. The Bertz CT molecular complexity index is 2650. The molecule has 2 aliphatic heterocycles. The van der Waals surface area contributed by atoms with Crippen molar-refractivity contribution >= 4 is 68.4 Å². The van der Waals surface area contributed by atoms with Crippen LogP contribution in [0.2, 0.25) is 0 Å². The van der Waals surface area contributed by atoms with E-state index in [-0.39, 0.29) is 33.8 Å². The van der Waals surface area contributed by atoms with Gasteiger partial charge in [-0.25, -0.2) is 0 Å². The first-order valence-electron chi connectivity index (χ1n) is 21.7. The van der Waals surface area contributed by atoms with Gasteiger partial charge >= 0.3 is 0 Å². The maximum atomic E-state index is 7.32. The molecule has 5 aromatic carbocycles. The van der Waals surface area contributed by atoms with Crippen LogP contribution in [0.15, 0.2) is 89.3 Å². The van der Waals surface area contributed by atoms with Crippen LogP contribution in [-0.2, 0) is 27.1 Å². The summed E-state index contributed by atoms with van der Waals surface area (Å²) in [4.78, 5) is 5.15. The third-order valence-electron chi connectivity index (χ3n) is 13.9. The topological polar surface area (TPSA) is 19.6 Å². The maximum Gasteiger partial charge on any atom is 0.297 e. The number of aryl methyl sites for hydroxylation is 2. The molecule has 0 unspecified atom stereocenters. The summed E-state index contributed by atoms with van der Waals surface area (Å²) in [5, 5.41) is 1.17. The van der Waals surface area contributed by atoms with E-state index in [0.29, 0.717) is 0 Å². The first-order chi connectivity index (χ1) is 27.0. The fourth-order valence-electron chi connectivity index (χ4n) is 10.2. The Hall–Kier alpha value is -4.70. The molecule has 0 bridgehead atoms. The predicted octanol–water partition coefficient (Wildman–Crippen LogP) is 13.4. The molecule has 6 aromatic rings. The number of benzene rings is 5. The van der Waals surface area contributed by atoms with E-state index in [1.807, 2.05) is 0 Å². The molecule has 1 aliphatic carbocycles. The highest BCUT2D eigenvalue weighted by molar-refractivity contribution is 7.00. The van der Waals surface area contributed by atoms with Crippen LogP contribution in [0, 0.1) is 13.8 Å². The number of anilines is 6. The summed E-state index contributed by atoms with van der Waals surface area (Å²) in [6.07, 6.45) is 2.33. The number of hydrogen-bond donors (Lipinski definition) is 0. The monoisotopic (exact) mass is 767 g/mol. The second-order valence-corrected chi connectivity index (χ2v) is 22.4. The van der Waals surface area contributed by atoms with E-state index in [4.69, 9.17) is 4.42 Å². The molecular weight excluding hydrogens is 703 g/mol. The lowest BCUT2D eigenvalue weighted by Crippen LogP contribution is -2.61. The molecule has 3 aliphatic rings. The molecule has 0 radical (unpaired) electrons. The van der Waals surface area contributed by atoms with Gasteiger partial charge in [0.25, 0.3) is 6.71 Å². The van der Waals surface area contributed by atoms with Crippen molar-refractivity contribution in [1.82, 2.24) is 0 Å². The van der Waals surface area contributed by atoms with Gasteiger partial charge in [0.15, 0.2) is 0 Å². The number of nitrogens with zero attached hydrogens (tertiary/aromatic N) is 2. The molecular formula is C54H63BN2O. The van der Waals surface area contributed by atoms with Crippen LogP contribution < -0.4 is 26.4 Å². The second kappa shape index (κ2) is 12.4. The fraction of sp³-hybridized carbons (Fsp3) is 0.407. The Labute approximate surface area is 348 Å². The van der Waals surface area contributed by atoms with Crippen LogP contribution in [0.5, 0.6) is 0 Å². The summed E-state index contributed by atoms with van der Waals surface area (Å²) in [5.74, 6) is 0. The quantitative estimate of drug-likeness (QED) is 0.163. The average Bonchev–Trinajstić information content (AvgIpc) is 3.50. The Morgan fingerprint density at radius 3 is 1.67 bits per heavy atom. The van der Waals surface area contributed by atoms with Gasteiger partial charge in [-0.2, -0.15) is 0 Å². The van der Waals surface area contributed by atoms with Crippen LogP contribution in [-0.4, -0.2) is 6.71 Å². The third kappa shape index (κ3) is 5.90. The smallest absolute Gasteiger partial charge is 0.297 e. The van der Waals surface area contributed by atoms with E-state index in [1.165, 1.54) is 96.5 Å². The number of rotatable bonds is 2. The fourth-order valence-corrected chi connectivity index (χ4v) is 10.2. The van der Waals surface area contributed by atoms with Crippen molar-refractivity contribution in [2.24, 2.45) is 0 Å². The van der Waals surface area contributed by atoms with Crippen molar-refractivity contribution in [2.75, 3.05) is 9.80 Å². The molecule has 9 rings (SSSR count). The summed E-state index contributed by atoms with van der Waals surface area (Å²) < 4.78 is 7.32. The van der Waals surface area contributed by atoms with Crippen molar-refractivity contribution in [3.05, 3.63) is 124 Å². The Kier molecular flexibility index (Phi) is 8.31. The molecule has 0 atom stereocenters. The minimum atomic E-state index is -0.0808. The zero-order valence-electron chi connectivity index (χ0n) is 37.9. The maximum absolute atomic E-state index is 7.32. The lowest BCUT2D eigenvalue weighted by molar-refractivity contribution is 0.332. The van der Waals surface area contributed by atoms with Crippen molar-refractivity contribution < 1.29 is 4.42 Å². The molecule has 0 fully saturated rings. The zero-order valence-corrected chi connectivity index (χ0v) is 37.9. The summed E-state index contributed by atoms with van der Waals surface area (Å²) in [5.41, 5.74) is 21.6. The van der Waals surface area contributed by atoms with E-state index in [1.54, 1.807) is 0 Å². The standard InChI is InChI=1S/C54H63BN2O/c1-32-26-44-47-45(27-32)57(42-22-18-35(28-33(42)2)51(6,7)8)43-31-40-39(53(12,13)24-25-54(40,14)15)30-41(43)55(47)49-48(38-29-36(52(9,10)11)19-23-46(38)58-49)56(44)37-20-16-34(17-21-37)50(3,4)5/h16-23,26-31H,24-25H2,1-15H3. The summed E-state index contributed by atoms with van der Waals surface area (Å²) in [6.45, 7) is 35.1. The SMILES string of the molecule is Cc1cc2c3c(c1)N(c1ccc(C(C)(C)C)cc1)c1c(oc4ccc(C(C)(C)C)cc14)B3c1cc3c(cc1N2c1ccc(C(C)(C)C)cc1C)C(C)(C)CCC3(C)C. The number of furan rings is 1. The minimum absolute atomic E-state index is 0.0103. The van der Waals surface area contributed by atoms with E-state index < -0.39 is 0 Å². The Balaban J connectivity index is 1.42. The lowest BCUT2D eigenvalue weighted by Gasteiger charge is -2.47. The molecule has 3 heterocycles. The molecule has 0 N–H and O–H groups in total. The van der Waals surface area contributed by atoms with Crippen LogP contribution in [0.4, 0.5) is 34.1 Å². The molecule has 0 amide bonds. The van der Waals surface area contributed by atoms with Gasteiger partial charge in [-0.3, -0.25) is 0 Å². The molecule has 4 heteroatoms. The predicted molar refractivity (Wildman–Crippen MR) is 251 cm³/mol. The molecule has 0 saturated heterocycles. The van der Waals surface area contributed by atoms with Gasteiger partial charge in [-0.1, -0.05) is 126 Å².